The van der Waals surface area contributed by atoms with Crippen LogP contribution < -0.4 is 32.1 Å². The van der Waals surface area contributed by atoms with E-state index in [2.05, 4.69) is 26.6 Å². The summed E-state index contributed by atoms with van der Waals surface area (Å²) in [7, 11) is 1.71. The predicted octanol–water partition coefficient (Wildman–Crippen LogP) is 1.82. The van der Waals surface area contributed by atoms with Gasteiger partial charge in [0.05, 0.1) is 54.7 Å². The molecule has 0 spiro atoms. The quantitative estimate of drug-likeness (QED) is 0.0310. The lowest BCUT2D eigenvalue weighted by Crippen LogP contribution is -2.52. The zero-order valence-corrected chi connectivity index (χ0v) is 43.2. The molecule has 406 valence electrons. The van der Waals surface area contributed by atoms with Crippen molar-refractivity contribution in [3.8, 4) is 11.4 Å². The van der Waals surface area contributed by atoms with Crippen LogP contribution in [0.4, 0.5) is 4.39 Å². The number of carbonyl (C=O) groups is 9. The molecular weight excluding hydrogens is 998 g/mol. The summed E-state index contributed by atoms with van der Waals surface area (Å²) in [6.45, 7) is 2.30. The third kappa shape index (κ3) is 12.0. The number of imide groups is 1. The molecule has 8 rings (SSSR count). The van der Waals surface area contributed by atoms with E-state index in [1.807, 2.05) is 0 Å². The minimum absolute atomic E-state index is 0.0301. The largest absolute Gasteiger partial charge is 0.458 e. The fraction of sp³-hybridized carbons (Fsp3) is 0.436. The van der Waals surface area contributed by atoms with E-state index in [4.69, 9.17) is 9.72 Å². The third-order valence-corrected chi connectivity index (χ3v) is 14.8. The van der Waals surface area contributed by atoms with E-state index < -0.39 is 71.7 Å². The Bertz CT molecular complexity index is 3140. The number of pyridine rings is 2. The summed E-state index contributed by atoms with van der Waals surface area (Å²) in [4.78, 5) is 136. The van der Waals surface area contributed by atoms with Gasteiger partial charge in [0.15, 0.2) is 5.60 Å². The molecule has 4 aliphatic rings. The molecule has 0 unspecified atom stereocenters. The van der Waals surface area contributed by atoms with Crippen LogP contribution in [0.25, 0.3) is 22.3 Å². The summed E-state index contributed by atoms with van der Waals surface area (Å²) in [6, 6.07) is 10.3. The molecule has 3 aliphatic heterocycles. The van der Waals surface area contributed by atoms with Gasteiger partial charge in [-0.15, -0.1) is 0 Å². The van der Waals surface area contributed by atoms with E-state index in [1.54, 1.807) is 62.2 Å². The zero-order valence-electron chi connectivity index (χ0n) is 43.2. The van der Waals surface area contributed by atoms with E-state index in [9.17, 15) is 53.1 Å². The highest BCUT2D eigenvalue weighted by Crippen LogP contribution is 2.47. The van der Waals surface area contributed by atoms with Crippen LogP contribution in [0.2, 0.25) is 0 Å². The van der Waals surface area contributed by atoms with Crippen molar-refractivity contribution in [3.05, 3.63) is 110 Å². The molecule has 77 heavy (non-hydrogen) atoms. The van der Waals surface area contributed by atoms with Crippen molar-refractivity contribution in [2.45, 2.75) is 115 Å². The number of cyclic esters (lactones) is 1. The predicted molar refractivity (Wildman–Crippen MR) is 275 cm³/mol. The normalized spacial score (nSPS) is 17.2. The Balaban J connectivity index is 0.800. The monoisotopic (exact) mass is 1060 g/mol. The minimum atomic E-state index is -2.03. The number of nitrogens with one attached hydrogen (secondary N) is 5. The lowest BCUT2D eigenvalue weighted by atomic mass is 9.81. The lowest BCUT2D eigenvalue weighted by Gasteiger charge is -2.35. The number of amides is 8. The SMILES string of the molecule is CC[C@@]1(O)C(=O)OCc2c1cc1n(c2=O)Cc2c-1nc1cc(F)c(C)c3c1c2[C@@H](N(C)C(=O)CCCCNC(=O)CNC(=O)[C@H](Cc1ccccc1)NC(=O)CNC(=O)CNC(=O)CCCCCN1C(=O)C=CC1=O)CC3. The zero-order chi connectivity index (χ0) is 55.1. The Morgan fingerprint density at radius 2 is 1.53 bits per heavy atom. The summed E-state index contributed by atoms with van der Waals surface area (Å²) >= 11 is 0. The first-order chi connectivity index (χ1) is 36.9. The number of rotatable bonds is 23. The number of carbonyl (C=O) groups excluding carboxylic acids is 9. The van der Waals surface area contributed by atoms with Gasteiger partial charge in [-0.25, -0.2) is 14.2 Å². The van der Waals surface area contributed by atoms with E-state index >= 15 is 4.39 Å². The molecule has 1 aliphatic carbocycles. The van der Waals surface area contributed by atoms with Crippen LogP contribution in [0.1, 0.15) is 110 Å². The van der Waals surface area contributed by atoms with E-state index in [1.165, 1.54) is 22.8 Å². The van der Waals surface area contributed by atoms with Crippen molar-refractivity contribution in [2.24, 2.45) is 0 Å². The van der Waals surface area contributed by atoms with Crippen LogP contribution in [0.3, 0.4) is 0 Å². The highest BCUT2D eigenvalue weighted by molar-refractivity contribution is 6.12. The molecular formula is C55H62FN9O12. The molecule has 6 N–H and O–H groups in total. The van der Waals surface area contributed by atoms with Crippen LogP contribution in [0, 0.1) is 12.7 Å². The summed E-state index contributed by atoms with van der Waals surface area (Å²) in [5.41, 5.74) is 2.45. The number of aromatic nitrogens is 2. The van der Waals surface area contributed by atoms with Crippen molar-refractivity contribution in [2.75, 3.05) is 39.8 Å². The minimum Gasteiger partial charge on any atom is -0.458 e. The van der Waals surface area contributed by atoms with Gasteiger partial charge in [0, 0.05) is 74.1 Å². The molecule has 8 amide bonds. The average Bonchev–Trinajstić information content (AvgIpc) is 4.23. The van der Waals surface area contributed by atoms with Crippen LogP contribution >= 0.6 is 0 Å². The lowest BCUT2D eigenvalue weighted by molar-refractivity contribution is -0.172. The average molecular weight is 1060 g/mol. The fourth-order valence-corrected chi connectivity index (χ4v) is 10.4. The Morgan fingerprint density at radius 1 is 0.844 bits per heavy atom. The summed E-state index contributed by atoms with van der Waals surface area (Å²) in [6.07, 6.45) is 6.07. The van der Waals surface area contributed by atoms with Gasteiger partial charge in [0.2, 0.25) is 35.4 Å². The number of fused-ring (bicyclic) bond motifs is 5. The van der Waals surface area contributed by atoms with Crippen LogP contribution in [0.5, 0.6) is 0 Å². The van der Waals surface area contributed by atoms with Gasteiger partial charge in [0.25, 0.3) is 17.4 Å². The Kier molecular flexibility index (Phi) is 17.0. The molecule has 5 heterocycles. The van der Waals surface area contributed by atoms with Crippen molar-refractivity contribution in [1.82, 2.24) is 45.9 Å². The molecule has 2 aromatic carbocycles. The maximum Gasteiger partial charge on any atom is 0.343 e. The van der Waals surface area contributed by atoms with Crippen LogP contribution in [0.15, 0.2) is 59.4 Å². The van der Waals surface area contributed by atoms with Gasteiger partial charge >= 0.3 is 5.97 Å². The van der Waals surface area contributed by atoms with E-state index in [0.717, 1.165) is 27.0 Å². The van der Waals surface area contributed by atoms with Crippen molar-refractivity contribution < 1.29 is 57.4 Å². The molecule has 0 saturated carbocycles. The number of nitrogens with zero attached hydrogens (tertiary/aromatic N) is 4. The number of ether oxygens (including phenoxy) is 1. The van der Waals surface area contributed by atoms with Gasteiger partial charge in [0.1, 0.15) is 18.5 Å². The standard InChI is InChI=1S/C55H62FN9O12/c1-4-55(76)36-24-41-51-34(29-65(41)53(74)35(36)30-77-54(55)75)50-40(18-17-33-31(2)37(56)25-38(62-51)49(33)50)63(3)46(70)16-10-11-21-57-43(67)27-60-52(73)39(23-32-13-7-5-8-14-32)61-45(69)28-59-44(68)26-58-42(66)15-9-6-12-22-64-47(71)19-20-48(64)72/h5,7-8,13-14,19-20,24-25,39-40,76H,4,6,9-12,15-18,21-23,26-30H2,1-3H3,(H,57,67)(H,58,66)(H,59,68)(H,60,73)(H,61,69)/t39-,40-,55-/m0/s1. The van der Waals surface area contributed by atoms with E-state index in [0.29, 0.717) is 73.0 Å². The molecule has 3 atom stereocenters. The number of esters is 1. The first kappa shape index (κ1) is 55.1. The first-order valence-corrected chi connectivity index (χ1v) is 25.9. The smallest absolute Gasteiger partial charge is 0.343 e. The van der Waals surface area contributed by atoms with Crippen molar-refractivity contribution in [1.29, 1.82) is 0 Å². The highest BCUT2D eigenvalue weighted by atomic mass is 19.1. The van der Waals surface area contributed by atoms with Gasteiger partial charge in [-0.2, -0.15) is 0 Å². The van der Waals surface area contributed by atoms with Crippen LogP contribution in [-0.2, 0) is 79.5 Å². The Labute approximate surface area is 442 Å². The third-order valence-electron chi connectivity index (χ3n) is 14.8. The molecule has 0 saturated heterocycles. The molecule has 22 heteroatoms. The molecule has 0 fully saturated rings. The number of unbranched alkanes of at least 4 members (excludes halogenated alkanes) is 3. The van der Waals surface area contributed by atoms with Gasteiger partial charge in [-0.3, -0.25) is 48.1 Å². The summed E-state index contributed by atoms with van der Waals surface area (Å²) in [5, 5.41) is 24.9. The maximum absolute atomic E-state index is 15.5. The topological polar surface area (TPSA) is 285 Å². The van der Waals surface area contributed by atoms with Crippen molar-refractivity contribution in [3.63, 3.8) is 0 Å². The second-order valence-electron chi connectivity index (χ2n) is 19.7. The van der Waals surface area contributed by atoms with Gasteiger partial charge in [-0.05, 0) is 80.2 Å². The molecule has 2 aromatic heterocycles. The summed E-state index contributed by atoms with van der Waals surface area (Å²) < 4.78 is 22.2. The number of halogens is 1. The molecule has 0 radical (unpaired) electrons. The number of hydrogen-bond acceptors (Lipinski definition) is 13. The maximum atomic E-state index is 15.5. The number of benzene rings is 2. The summed E-state index contributed by atoms with van der Waals surface area (Å²) in [5.74, 6) is -5.05. The van der Waals surface area contributed by atoms with E-state index in [-0.39, 0.29) is 93.2 Å². The van der Waals surface area contributed by atoms with Gasteiger partial charge < -0.3 is 45.9 Å². The van der Waals surface area contributed by atoms with Gasteiger partial charge in [-0.1, -0.05) is 43.7 Å². The second-order valence-corrected chi connectivity index (χ2v) is 19.7. The Morgan fingerprint density at radius 3 is 2.27 bits per heavy atom. The number of hydrogen-bond donors (Lipinski definition) is 6. The number of aryl methyl sites for hydroxylation is 1. The Hall–Kier alpha value is -8.14. The van der Waals surface area contributed by atoms with Crippen LogP contribution in [-0.4, -0.2) is 123 Å². The first-order valence-electron chi connectivity index (χ1n) is 25.9. The highest BCUT2D eigenvalue weighted by Gasteiger charge is 2.46. The molecule has 21 nitrogen and oxygen atoms in total. The number of aliphatic hydroxyl groups is 1. The second kappa shape index (κ2) is 23.8. The molecule has 0 bridgehead atoms. The fourth-order valence-electron chi connectivity index (χ4n) is 10.4. The molecule has 4 aromatic rings. The van der Waals surface area contributed by atoms with Crippen molar-refractivity contribution >= 4 is 64.1 Å².